The summed E-state index contributed by atoms with van der Waals surface area (Å²) in [5, 5.41) is 12.7. The van der Waals surface area contributed by atoms with Gasteiger partial charge in [-0.15, -0.1) is 0 Å². The molecule has 5 rings (SSSR count). The summed E-state index contributed by atoms with van der Waals surface area (Å²) in [5.41, 5.74) is 7.70. The van der Waals surface area contributed by atoms with Crippen molar-refractivity contribution in [2.45, 2.75) is 43.9 Å². The van der Waals surface area contributed by atoms with Gasteiger partial charge in [-0.3, -0.25) is 9.69 Å². The third-order valence-corrected chi connectivity index (χ3v) is 6.43. The van der Waals surface area contributed by atoms with Crippen molar-refractivity contribution in [2.24, 2.45) is 5.73 Å². The Morgan fingerprint density at radius 2 is 2.10 bits per heavy atom. The molecule has 2 fully saturated rings. The van der Waals surface area contributed by atoms with E-state index in [1.807, 2.05) is 18.5 Å². The van der Waals surface area contributed by atoms with E-state index in [-0.39, 0.29) is 18.0 Å². The molecule has 2 atom stereocenters. The van der Waals surface area contributed by atoms with Crippen LogP contribution >= 0.6 is 0 Å². The summed E-state index contributed by atoms with van der Waals surface area (Å²) in [7, 11) is 0. The molecule has 2 aliphatic heterocycles. The highest BCUT2D eigenvalue weighted by molar-refractivity contribution is 6.09. The highest BCUT2D eigenvalue weighted by Crippen LogP contribution is 2.35. The molecule has 0 spiro atoms. The summed E-state index contributed by atoms with van der Waals surface area (Å²) in [6.45, 7) is 4.05. The molecule has 0 saturated carbocycles. The van der Waals surface area contributed by atoms with Crippen LogP contribution in [0.5, 0.6) is 0 Å². The number of carbonyl (C=O) groups is 1. The highest BCUT2D eigenvalue weighted by atomic mass is 16.3. The van der Waals surface area contributed by atoms with E-state index in [4.69, 9.17) is 5.73 Å². The fraction of sp³-hybridized carbons (Fsp3) is 0.476. The first-order valence-corrected chi connectivity index (χ1v) is 10.2. The number of piperidine rings is 1. The number of carbonyl (C=O) groups excluding carboxylic acids is 1. The van der Waals surface area contributed by atoms with Gasteiger partial charge in [-0.05, 0) is 31.9 Å². The summed E-state index contributed by atoms with van der Waals surface area (Å²) in [5.74, 6) is -0.339. The smallest absolute Gasteiger partial charge is 0.234 e. The number of pyridine rings is 2. The first-order valence-electron chi connectivity index (χ1n) is 10.2. The van der Waals surface area contributed by atoms with Crippen LogP contribution in [0.4, 0.5) is 5.69 Å². The van der Waals surface area contributed by atoms with E-state index in [2.05, 4.69) is 30.8 Å². The second-order valence-electron chi connectivity index (χ2n) is 8.60. The number of amides is 1. The Morgan fingerprint density at radius 3 is 2.86 bits per heavy atom. The fourth-order valence-electron chi connectivity index (χ4n) is 5.09. The minimum atomic E-state index is -0.855. The van der Waals surface area contributed by atoms with Gasteiger partial charge in [-0.2, -0.15) is 0 Å². The van der Waals surface area contributed by atoms with Crippen molar-refractivity contribution in [3.05, 3.63) is 30.7 Å². The molecule has 0 aromatic carbocycles. The monoisotopic (exact) mass is 394 g/mol. The van der Waals surface area contributed by atoms with Crippen LogP contribution in [0.1, 0.15) is 26.2 Å². The van der Waals surface area contributed by atoms with Gasteiger partial charge in [0.25, 0.3) is 0 Å². The topological polar surface area (TPSA) is 111 Å². The molecule has 8 nitrogen and oxygen atoms in total. The number of aliphatic hydroxyl groups is 1. The van der Waals surface area contributed by atoms with Crippen molar-refractivity contribution in [1.29, 1.82) is 0 Å². The normalized spacial score (nSPS) is 26.6. The standard InChI is InChI=1S/C21H26N6O2/c1-21(29)10-17(19(22)28)27(12-21)13-4-8-26(9-5-13)16-3-7-23-15-11-25-20-14(18(15)16)2-6-24-20/h2-3,6-7,11,13,17,23,29H,4-5,8-10,12H2,1H3,(H2,22,28). The second kappa shape index (κ2) is 6.67. The first kappa shape index (κ1) is 18.3. The first-order chi connectivity index (χ1) is 13.9. The summed E-state index contributed by atoms with van der Waals surface area (Å²) < 4.78 is 0. The number of aromatic amines is 1. The number of likely N-dealkylation sites (tertiary alicyclic amines) is 1. The van der Waals surface area contributed by atoms with Crippen molar-refractivity contribution in [2.75, 3.05) is 24.5 Å². The van der Waals surface area contributed by atoms with Gasteiger partial charge in [-0.25, -0.2) is 9.97 Å². The molecular weight excluding hydrogens is 368 g/mol. The Balaban J connectivity index is 1.40. The molecule has 5 heterocycles. The van der Waals surface area contributed by atoms with Gasteiger partial charge in [0.1, 0.15) is 0 Å². The number of nitrogens with zero attached hydrogens (tertiary/aromatic N) is 4. The molecule has 2 aliphatic rings. The number of nitrogens with one attached hydrogen (secondary N) is 1. The Labute approximate surface area is 168 Å². The number of hydrogen-bond donors (Lipinski definition) is 3. The van der Waals surface area contributed by atoms with Gasteiger partial charge < -0.3 is 20.7 Å². The molecule has 4 N–H and O–H groups in total. The lowest BCUT2D eigenvalue weighted by Gasteiger charge is -2.40. The van der Waals surface area contributed by atoms with E-state index in [1.165, 1.54) is 5.69 Å². The predicted molar refractivity (Wildman–Crippen MR) is 112 cm³/mol. The summed E-state index contributed by atoms with van der Waals surface area (Å²) in [6, 6.07) is 4.00. The lowest BCUT2D eigenvalue weighted by molar-refractivity contribution is -0.123. The maximum absolute atomic E-state index is 11.9. The number of fused-ring (bicyclic) bond motifs is 3. The summed E-state index contributed by atoms with van der Waals surface area (Å²) in [6.07, 6.45) is 7.85. The highest BCUT2D eigenvalue weighted by Gasteiger charge is 2.45. The van der Waals surface area contributed by atoms with Gasteiger partial charge in [-0.1, -0.05) is 0 Å². The van der Waals surface area contributed by atoms with E-state index < -0.39 is 5.60 Å². The van der Waals surface area contributed by atoms with Crippen molar-refractivity contribution in [1.82, 2.24) is 19.9 Å². The Morgan fingerprint density at radius 1 is 1.31 bits per heavy atom. The minimum absolute atomic E-state index is 0.251. The Bertz CT molecular complexity index is 1070. The number of primary amides is 1. The third kappa shape index (κ3) is 3.12. The molecule has 3 aromatic heterocycles. The molecule has 2 unspecified atom stereocenters. The predicted octanol–water partition coefficient (Wildman–Crippen LogP) is 1.39. The van der Waals surface area contributed by atoms with Crippen LogP contribution in [0.25, 0.3) is 21.9 Å². The van der Waals surface area contributed by atoms with Crippen molar-refractivity contribution in [3.8, 4) is 0 Å². The summed E-state index contributed by atoms with van der Waals surface area (Å²) in [4.78, 5) is 28.5. The number of β-amino-alcohol motifs (C(OH)–C–C–N with tert-alkyl or cyclic N) is 1. The minimum Gasteiger partial charge on any atom is -0.389 e. The van der Waals surface area contributed by atoms with E-state index in [1.54, 1.807) is 13.1 Å². The van der Waals surface area contributed by atoms with Gasteiger partial charge >= 0.3 is 0 Å². The number of aromatic nitrogens is 3. The molecule has 8 heteroatoms. The second-order valence-corrected chi connectivity index (χ2v) is 8.60. The quantitative estimate of drug-likeness (QED) is 0.619. The Hall–Kier alpha value is -2.71. The molecule has 1 amide bonds. The van der Waals surface area contributed by atoms with Crippen LogP contribution in [-0.2, 0) is 4.79 Å². The zero-order chi connectivity index (χ0) is 20.2. The molecule has 0 radical (unpaired) electrons. The van der Waals surface area contributed by atoms with E-state index in [9.17, 15) is 9.90 Å². The molecule has 2 saturated heterocycles. The van der Waals surface area contributed by atoms with Gasteiger partial charge in [0.2, 0.25) is 5.91 Å². The maximum Gasteiger partial charge on any atom is 0.234 e. The molecule has 0 aliphatic carbocycles. The van der Waals surface area contributed by atoms with E-state index in [0.717, 1.165) is 47.9 Å². The van der Waals surface area contributed by atoms with Crippen LogP contribution in [0, 0.1) is 0 Å². The van der Waals surface area contributed by atoms with E-state index in [0.29, 0.717) is 13.0 Å². The molecule has 3 aromatic rings. The zero-order valence-electron chi connectivity index (χ0n) is 16.5. The van der Waals surface area contributed by atoms with Gasteiger partial charge in [0, 0.05) is 61.0 Å². The third-order valence-electron chi connectivity index (χ3n) is 6.43. The maximum atomic E-state index is 11.9. The number of hydrogen-bond acceptors (Lipinski definition) is 6. The van der Waals surface area contributed by atoms with Crippen LogP contribution in [0.3, 0.4) is 0 Å². The number of nitrogens with two attached hydrogens (primary N) is 1. The van der Waals surface area contributed by atoms with Crippen molar-refractivity contribution in [3.63, 3.8) is 0 Å². The van der Waals surface area contributed by atoms with Crippen molar-refractivity contribution >= 4 is 33.5 Å². The number of anilines is 1. The summed E-state index contributed by atoms with van der Waals surface area (Å²) >= 11 is 0. The Kier molecular flexibility index (Phi) is 4.22. The lowest BCUT2D eigenvalue weighted by atomic mass is 10.0. The largest absolute Gasteiger partial charge is 0.389 e. The fourth-order valence-corrected chi connectivity index (χ4v) is 5.09. The van der Waals surface area contributed by atoms with Crippen molar-refractivity contribution < 1.29 is 9.90 Å². The zero-order valence-corrected chi connectivity index (χ0v) is 16.5. The number of H-pyrrole nitrogens is 1. The van der Waals surface area contributed by atoms with Crippen LogP contribution in [0.2, 0.25) is 0 Å². The van der Waals surface area contributed by atoms with E-state index >= 15 is 0 Å². The lowest BCUT2D eigenvalue weighted by Crippen LogP contribution is -2.50. The number of rotatable bonds is 3. The van der Waals surface area contributed by atoms with Crippen LogP contribution in [-0.4, -0.2) is 68.2 Å². The molecular formula is C21H26N6O2. The van der Waals surface area contributed by atoms with Gasteiger partial charge in [0.15, 0.2) is 5.65 Å². The average Bonchev–Trinajstić information content (AvgIpc) is 3.31. The SMILES string of the molecule is CC1(O)CC(C(N)=O)N(C2CCN(c3cc[nH]c4cnc5nccc5c34)CC2)C1. The van der Waals surface area contributed by atoms with Crippen LogP contribution in [0.15, 0.2) is 30.7 Å². The van der Waals surface area contributed by atoms with Crippen LogP contribution < -0.4 is 10.6 Å². The molecule has 0 bridgehead atoms. The average molecular weight is 394 g/mol. The van der Waals surface area contributed by atoms with Gasteiger partial charge in [0.05, 0.1) is 23.4 Å². The molecule has 152 valence electrons. The molecule has 29 heavy (non-hydrogen) atoms.